The van der Waals surface area contributed by atoms with Crippen LogP contribution >= 0.6 is 0 Å². The average molecular weight is 308 g/mol. The second kappa shape index (κ2) is 7.40. The van der Waals surface area contributed by atoms with Crippen LogP contribution < -0.4 is 10.7 Å². The molecule has 7 nitrogen and oxygen atoms in total. The van der Waals surface area contributed by atoms with Gasteiger partial charge in [-0.05, 0) is 19.3 Å². The molecule has 0 radical (unpaired) electrons. The van der Waals surface area contributed by atoms with Gasteiger partial charge in [0.2, 0.25) is 11.8 Å². The topological polar surface area (TPSA) is 81.8 Å². The molecule has 2 heterocycles. The monoisotopic (exact) mass is 308 g/mol. The molecule has 2 N–H and O–H groups in total. The van der Waals surface area contributed by atoms with Crippen molar-refractivity contribution in [3.05, 3.63) is 12.3 Å². The van der Waals surface area contributed by atoms with Crippen molar-refractivity contribution in [2.24, 2.45) is 5.92 Å². The zero-order valence-corrected chi connectivity index (χ0v) is 13.1. The van der Waals surface area contributed by atoms with Crippen LogP contribution in [0.3, 0.4) is 0 Å². The quantitative estimate of drug-likeness (QED) is 0.715. The fourth-order valence-corrected chi connectivity index (χ4v) is 2.72. The summed E-state index contributed by atoms with van der Waals surface area (Å²) in [5.41, 5.74) is 3.39. The highest BCUT2D eigenvalue weighted by molar-refractivity contribution is 6.17. The number of imide groups is 2. The zero-order valence-electron chi connectivity index (χ0n) is 13.1. The second-order valence-corrected chi connectivity index (χ2v) is 5.76. The minimum Gasteiger partial charge on any atom is -0.322 e. The smallest absolute Gasteiger partial charge is 0.322 e. The molecule has 2 saturated heterocycles. The summed E-state index contributed by atoms with van der Waals surface area (Å²) in [5.74, 6) is -2.13. The Kier molecular flexibility index (Phi) is 5.54. The molecule has 22 heavy (non-hydrogen) atoms. The third-order valence-corrected chi connectivity index (χ3v) is 3.99. The molecule has 0 spiro atoms. The van der Waals surface area contributed by atoms with Crippen molar-refractivity contribution in [2.45, 2.75) is 39.0 Å². The number of barbiturate groups is 1. The van der Waals surface area contributed by atoms with Crippen LogP contribution in [0.15, 0.2) is 12.3 Å². The van der Waals surface area contributed by atoms with Crippen LogP contribution in [-0.4, -0.2) is 47.4 Å². The van der Waals surface area contributed by atoms with E-state index in [2.05, 4.69) is 17.3 Å². The van der Waals surface area contributed by atoms with Crippen molar-refractivity contribution >= 4 is 17.8 Å². The van der Waals surface area contributed by atoms with E-state index in [0.717, 1.165) is 37.3 Å². The average Bonchev–Trinajstić information content (AvgIpc) is 2.47. The summed E-state index contributed by atoms with van der Waals surface area (Å²) in [6.45, 7) is 7.86. The molecule has 0 aromatic heterocycles. The van der Waals surface area contributed by atoms with Crippen LogP contribution in [0, 0.1) is 5.92 Å². The normalized spacial score (nSPS) is 23.4. The van der Waals surface area contributed by atoms with Gasteiger partial charge in [0.1, 0.15) is 0 Å². The first-order valence-corrected chi connectivity index (χ1v) is 7.91. The lowest BCUT2D eigenvalue weighted by atomic mass is 10.0. The van der Waals surface area contributed by atoms with E-state index in [0.29, 0.717) is 18.7 Å². The third-order valence-electron chi connectivity index (χ3n) is 3.99. The van der Waals surface area contributed by atoms with Crippen LogP contribution in [0.25, 0.3) is 0 Å². The summed E-state index contributed by atoms with van der Waals surface area (Å²) in [7, 11) is 0. The Morgan fingerprint density at radius 3 is 2.59 bits per heavy atom. The molecule has 1 atom stereocenters. The van der Waals surface area contributed by atoms with Crippen molar-refractivity contribution in [3.8, 4) is 0 Å². The minimum atomic E-state index is -1.04. The van der Waals surface area contributed by atoms with Gasteiger partial charge in [0, 0.05) is 25.3 Å². The van der Waals surface area contributed by atoms with Crippen LogP contribution in [0.2, 0.25) is 0 Å². The second-order valence-electron chi connectivity index (χ2n) is 5.76. The lowest BCUT2D eigenvalue weighted by molar-refractivity contribution is -0.141. The molecule has 2 aliphatic heterocycles. The molecule has 7 heteroatoms. The number of hydrogen-bond acceptors (Lipinski definition) is 5. The Hall–Kier alpha value is -1.89. The van der Waals surface area contributed by atoms with E-state index < -0.39 is 23.8 Å². The largest absolute Gasteiger partial charge is 0.330 e. The predicted molar refractivity (Wildman–Crippen MR) is 81.3 cm³/mol. The number of hydrazine groups is 1. The maximum Gasteiger partial charge on any atom is 0.330 e. The van der Waals surface area contributed by atoms with Gasteiger partial charge < -0.3 is 5.43 Å². The fraction of sp³-hybridized carbons (Fsp3) is 0.667. The number of amides is 4. The molecule has 0 aromatic rings. The molecule has 4 amide bonds. The summed E-state index contributed by atoms with van der Waals surface area (Å²) in [6.07, 6.45) is 4.92. The van der Waals surface area contributed by atoms with Crippen molar-refractivity contribution in [3.63, 3.8) is 0 Å². The summed E-state index contributed by atoms with van der Waals surface area (Å²) in [4.78, 5) is 37.4. The van der Waals surface area contributed by atoms with Gasteiger partial charge in [-0.25, -0.2) is 9.80 Å². The molecule has 2 aliphatic rings. The molecule has 2 rings (SSSR count). The van der Waals surface area contributed by atoms with E-state index in [1.54, 1.807) is 0 Å². The zero-order chi connectivity index (χ0) is 16.1. The maximum atomic E-state index is 12.5. The van der Waals surface area contributed by atoms with E-state index in [9.17, 15) is 14.4 Å². The maximum absolute atomic E-state index is 12.5. The van der Waals surface area contributed by atoms with Crippen LogP contribution in [0.1, 0.15) is 39.0 Å². The number of rotatable bonds is 6. The van der Waals surface area contributed by atoms with Crippen molar-refractivity contribution in [2.75, 3.05) is 19.6 Å². The Labute approximate surface area is 130 Å². The number of unbranched alkanes of at least 4 members (excludes halogenated alkanes) is 1. The molecule has 2 fully saturated rings. The van der Waals surface area contributed by atoms with Crippen molar-refractivity contribution < 1.29 is 14.4 Å². The Balaban J connectivity index is 2.03. The molecule has 0 aliphatic carbocycles. The van der Waals surface area contributed by atoms with Crippen molar-refractivity contribution in [1.29, 1.82) is 0 Å². The number of nitrogens with one attached hydrogen (secondary N) is 2. The highest BCUT2D eigenvalue weighted by Gasteiger charge is 2.42. The number of carbonyl (C=O) groups excluding carboxylic acids is 3. The summed E-state index contributed by atoms with van der Waals surface area (Å²) in [5, 5.41) is 4.22. The van der Waals surface area contributed by atoms with Crippen molar-refractivity contribution in [1.82, 2.24) is 20.7 Å². The first-order valence-electron chi connectivity index (χ1n) is 7.91. The summed E-state index contributed by atoms with van der Waals surface area (Å²) >= 11 is 0. The summed E-state index contributed by atoms with van der Waals surface area (Å²) in [6, 6.07) is -0.634. The van der Waals surface area contributed by atoms with Gasteiger partial charge >= 0.3 is 6.03 Å². The first-order chi connectivity index (χ1) is 10.5. The highest BCUT2D eigenvalue weighted by Crippen LogP contribution is 2.18. The van der Waals surface area contributed by atoms with E-state index >= 15 is 0 Å². The SMILES string of the molecule is C=C(NN1CCCCC1)[C@H]1C(=O)NC(=O)N(CCCC)C1=O. The number of carbonyl (C=O) groups is 3. The fourth-order valence-electron chi connectivity index (χ4n) is 2.72. The van der Waals surface area contributed by atoms with Gasteiger partial charge in [0.05, 0.1) is 0 Å². The molecule has 0 aromatic carbocycles. The predicted octanol–water partition coefficient (Wildman–Crippen LogP) is 0.985. The molecule has 122 valence electrons. The Morgan fingerprint density at radius 1 is 1.27 bits per heavy atom. The number of urea groups is 1. The molecule has 0 saturated carbocycles. The number of piperidine rings is 1. The lowest BCUT2D eigenvalue weighted by Crippen LogP contribution is -2.60. The number of nitrogens with zero attached hydrogens (tertiary/aromatic N) is 2. The van der Waals surface area contributed by atoms with Gasteiger partial charge in [0.15, 0.2) is 5.92 Å². The molecule has 0 unspecified atom stereocenters. The summed E-state index contributed by atoms with van der Waals surface area (Å²) < 4.78 is 0. The van der Waals surface area contributed by atoms with Crippen LogP contribution in [0.4, 0.5) is 4.79 Å². The van der Waals surface area contributed by atoms with E-state index in [1.807, 2.05) is 11.9 Å². The first kappa shape index (κ1) is 16.5. The minimum absolute atomic E-state index is 0.321. The number of hydrogen-bond donors (Lipinski definition) is 2. The van der Waals surface area contributed by atoms with E-state index in [-0.39, 0.29) is 0 Å². The van der Waals surface area contributed by atoms with Gasteiger partial charge in [-0.15, -0.1) is 0 Å². The lowest BCUT2D eigenvalue weighted by Gasteiger charge is -2.34. The Morgan fingerprint density at radius 2 is 1.95 bits per heavy atom. The van der Waals surface area contributed by atoms with Gasteiger partial charge in [-0.1, -0.05) is 26.3 Å². The van der Waals surface area contributed by atoms with Crippen LogP contribution in [0.5, 0.6) is 0 Å². The van der Waals surface area contributed by atoms with E-state index in [1.165, 1.54) is 6.42 Å². The standard InChI is InChI=1S/C15H24N4O3/c1-3-4-10-19-14(21)12(13(20)16-15(19)22)11(2)17-18-8-6-5-7-9-18/h12,17H,2-10H2,1H3,(H,16,20,22)/t12-/m0/s1. The van der Waals surface area contributed by atoms with Gasteiger partial charge in [0.25, 0.3) is 0 Å². The van der Waals surface area contributed by atoms with Gasteiger partial charge in [-0.3, -0.25) is 19.8 Å². The molecular weight excluding hydrogens is 284 g/mol. The molecular formula is C15H24N4O3. The highest BCUT2D eigenvalue weighted by atomic mass is 16.2. The Bertz CT molecular complexity index is 471. The van der Waals surface area contributed by atoms with E-state index in [4.69, 9.17) is 0 Å². The molecule has 0 bridgehead atoms. The van der Waals surface area contributed by atoms with Gasteiger partial charge in [-0.2, -0.15) is 0 Å². The van der Waals surface area contributed by atoms with Crippen LogP contribution in [-0.2, 0) is 9.59 Å². The third kappa shape index (κ3) is 3.65.